The highest BCUT2D eigenvalue weighted by atomic mass is 16.6. The Labute approximate surface area is 107 Å². The molecule has 0 aromatic heterocycles. The van der Waals surface area contributed by atoms with Crippen molar-refractivity contribution in [2.75, 3.05) is 26.7 Å². The lowest BCUT2D eigenvalue weighted by molar-refractivity contribution is -0.122. The highest BCUT2D eigenvalue weighted by Gasteiger charge is 2.28. The van der Waals surface area contributed by atoms with Gasteiger partial charge in [0.05, 0.1) is 12.6 Å². The molecular weight excluding hydrogens is 236 g/mol. The van der Waals surface area contributed by atoms with Crippen LogP contribution in [0.3, 0.4) is 0 Å². The Morgan fingerprint density at radius 3 is 2.94 bits per heavy atom. The van der Waals surface area contributed by atoms with Crippen LogP contribution in [0.2, 0.25) is 0 Å². The Kier molecular flexibility index (Phi) is 4.41. The van der Waals surface area contributed by atoms with E-state index in [1.165, 1.54) is 4.90 Å². The molecule has 2 atom stereocenters. The third-order valence-electron chi connectivity index (χ3n) is 3.30. The van der Waals surface area contributed by atoms with E-state index in [1.54, 1.807) is 7.05 Å². The van der Waals surface area contributed by atoms with Crippen LogP contribution in [0.1, 0.15) is 25.7 Å². The van der Waals surface area contributed by atoms with Gasteiger partial charge in [0, 0.05) is 26.6 Å². The van der Waals surface area contributed by atoms with E-state index in [4.69, 9.17) is 9.47 Å². The molecule has 0 saturated carbocycles. The lowest BCUT2D eigenvalue weighted by Gasteiger charge is -2.11. The Bertz CT molecular complexity index is 315. The molecule has 102 valence electrons. The first kappa shape index (κ1) is 13.1. The van der Waals surface area contributed by atoms with Gasteiger partial charge < -0.3 is 19.7 Å². The average Bonchev–Trinajstić information content (AvgIpc) is 2.95. The van der Waals surface area contributed by atoms with Crippen LogP contribution in [0.5, 0.6) is 0 Å². The molecule has 0 aromatic rings. The summed E-state index contributed by atoms with van der Waals surface area (Å²) in [6, 6.07) is 0. The second-order valence-corrected chi connectivity index (χ2v) is 4.86. The number of amides is 2. The Morgan fingerprint density at radius 1 is 1.50 bits per heavy atom. The van der Waals surface area contributed by atoms with Crippen LogP contribution in [-0.4, -0.2) is 55.9 Å². The number of hydrogen-bond acceptors (Lipinski definition) is 4. The molecule has 0 aromatic carbocycles. The van der Waals surface area contributed by atoms with Crippen LogP contribution in [0.15, 0.2) is 0 Å². The molecule has 2 aliphatic heterocycles. The summed E-state index contributed by atoms with van der Waals surface area (Å²) in [6.07, 6.45) is 2.77. The molecule has 0 aliphatic carbocycles. The zero-order valence-electron chi connectivity index (χ0n) is 10.7. The van der Waals surface area contributed by atoms with Crippen molar-refractivity contribution in [3.05, 3.63) is 0 Å². The van der Waals surface area contributed by atoms with E-state index in [1.807, 2.05) is 0 Å². The highest BCUT2D eigenvalue weighted by Crippen LogP contribution is 2.14. The van der Waals surface area contributed by atoms with E-state index in [0.29, 0.717) is 25.9 Å². The summed E-state index contributed by atoms with van der Waals surface area (Å²) in [7, 11) is 1.69. The van der Waals surface area contributed by atoms with E-state index in [9.17, 15) is 9.59 Å². The maximum Gasteiger partial charge on any atom is 0.409 e. The SMILES string of the molecule is CN1CC(CCC(=O)NCC2CCCO2)OC1=O. The standard InChI is InChI=1S/C12H20N2O4/c1-14-8-10(18-12(14)16)4-5-11(15)13-7-9-3-2-6-17-9/h9-10H,2-8H2,1H3,(H,13,15). The van der Waals surface area contributed by atoms with Crippen molar-refractivity contribution in [3.63, 3.8) is 0 Å². The van der Waals surface area contributed by atoms with E-state index in [0.717, 1.165) is 19.4 Å². The lowest BCUT2D eigenvalue weighted by Crippen LogP contribution is -2.32. The number of rotatable bonds is 5. The predicted molar refractivity (Wildman–Crippen MR) is 64.1 cm³/mol. The second-order valence-electron chi connectivity index (χ2n) is 4.86. The molecule has 0 spiro atoms. The van der Waals surface area contributed by atoms with Crippen molar-refractivity contribution in [1.82, 2.24) is 10.2 Å². The van der Waals surface area contributed by atoms with Gasteiger partial charge in [-0.1, -0.05) is 0 Å². The van der Waals surface area contributed by atoms with Crippen molar-refractivity contribution in [1.29, 1.82) is 0 Å². The maximum absolute atomic E-state index is 11.6. The van der Waals surface area contributed by atoms with Crippen molar-refractivity contribution < 1.29 is 19.1 Å². The first-order valence-corrected chi connectivity index (χ1v) is 6.45. The van der Waals surface area contributed by atoms with Gasteiger partial charge in [-0.25, -0.2) is 4.79 Å². The number of nitrogens with zero attached hydrogens (tertiary/aromatic N) is 1. The first-order valence-electron chi connectivity index (χ1n) is 6.45. The van der Waals surface area contributed by atoms with Gasteiger partial charge in [0.15, 0.2) is 0 Å². The van der Waals surface area contributed by atoms with Gasteiger partial charge in [0.1, 0.15) is 6.10 Å². The topological polar surface area (TPSA) is 67.9 Å². The van der Waals surface area contributed by atoms with Crippen LogP contribution in [-0.2, 0) is 14.3 Å². The number of nitrogens with one attached hydrogen (secondary N) is 1. The zero-order valence-corrected chi connectivity index (χ0v) is 10.7. The zero-order chi connectivity index (χ0) is 13.0. The van der Waals surface area contributed by atoms with Crippen molar-refractivity contribution in [3.8, 4) is 0 Å². The Hall–Kier alpha value is -1.30. The molecule has 6 nitrogen and oxygen atoms in total. The molecule has 6 heteroatoms. The molecular formula is C12H20N2O4. The van der Waals surface area contributed by atoms with E-state index in [2.05, 4.69) is 5.32 Å². The van der Waals surface area contributed by atoms with Gasteiger partial charge in [-0.2, -0.15) is 0 Å². The average molecular weight is 256 g/mol. The van der Waals surface area contributed by atoms with Gasteiger partial charge in [0.2, 0.25) is 5.91 Å². The van der Waals surface area contributed by atoms with Crippen LogP contribution >= 0.6 is 0 Å². The van der Waals surface area contributed by atoms with Gasteiger partial charge >= 0.3 is 6.09 Å². The van der Waals surface area contributed by atoms with Crippen LogP contribution in [0, 0.1) is 0 Å². The molecule has 2 heterocycles. The molecule has 0 radical (unpaired) electrons. The second kappa shape index (κ2) is 6.04. The smallest absolute Gasteiger partial charge is 0.409 e. The summed E-state index contributed by atoms with van der Waals surface area (Å²) in [5, 5.41) is 2.85. The van der Waals surface area contributed by atoms with Crippen LogP contribution in [0.25, 0.3) is 0 Å². The third-order valence-corrected chi connectivity index (χ3v) is 3.30. The first-order chi connectivity index (χ1) is 8.65. The van der Waals surface area contributed by atoms with Crippen molar-refractivity contribution >= 4 is 12.0 Å². The quantitative estimate of drug-likeness (QED) is 0.778. The molecule has 2 unspecified atom stereocenters. The maximum atomic E-state index is 11.6. The minimum absolute atomic E-state index is 0.00361. The molecule has 2 saturated heterocycles. The summed E-state index contributed by atoms with van der Waals surface area (Å²) < 4.78 is 10.5. The number of hydrogen-bond donors (Lipinski definition) is 1. The van der Waals surface area contributed by atoms with Gasteiger partial charge in [-0.3, -0.25) is 4.79 Å². The van der Waals surface area contributed by atoms with Crippen LogP contribution in [0.4, 0.5) is 4.79 Å². The number of ether oxygens (including phenoxy) is 2. The molecule has 2 amide bonds. The number of cyclic esters (lactones) is 1. The van der Waals surface area contributed by atoms with E-state index in [-0.39, 0.29) is 24.2 Å². The monoisotopic (exact) mass is 256 g/mol. The molecule has 2 fully saturated rings. The fraction of sp³-hybridized carbons (Fsp3) is 0.833. The Morgan fingerprint density at radius 2 is 2.33 bits per heavy atom. The lowest BCUT2D eigenvalue weighted by atomic mass is 10.2. The fourth-order valence-electron chi connectivity index (χ4n) is 2.21. The third kappa shape index (κ3) is 3.60. The molecule has 0 bridgehead atoms. The van der Waals surface area contributed by atoms with Gasteiger partial charge in [-0.05, 0) is 19.3 Å². The van der Waals surface area contributed by atoms with Crippen LogP contribution < -0.4 is 5.32 Å². The van der Waals surface area contributed by atoms with Crippen molar-refractivity contribution in [2.24, 2.45) is 0 Å². The highest BCUT2D eigenvalue weighted by molar-refractivity contribution is 5.76. The fourth-order valence-corrected chi connectivity index (χ4v) is 2.21. The molecule has 2 rings (SSSR count). The summed E-state index contributed by atoms with van der Waals surface area (Å²) in [5.74, 6) is -0.00361. The Balaban J connectivity index is 1.58. The largest absolute Gasteiger partial charge is 0.444 e. The van der Waals surface area contributed by atoms with Gasteiger partial charge in [0.25, 0.3) is 0 Å². The summed E-state index contributed by atoms with van der Waals surface area (Å²) in [4.78, 5) is 24.2. The normalized spacial score (nSPS) is 27.4. The van der Waals surface area contributed by atoms with Gasteiger partial charge in [-0.15, -0.1) is 0 Å². The van der Waals surface area contributed by atoms with E-state index < -0.39 is 0 Å². The number of carbonyl (C=O) groups excluding carboxylic acids is 2. The predicted octanol–water partition coefficient (Wildman–Crippen LogP) is 0.512. The number of carbonyl (C=O) groups is 2. The summed E-state index contributed by atoms with van der Waals surface area (Å²) in [6.45, 7) is 1.95. The molecule has 1 N–H and O–H groups in total. The molecule has 2 aliphatic rings. The minimum Gasteiger partial charge on any atom is -0.444 e. The molecule has 18 heavy (non-hydrogen) atoms. The summed E-state index contributed by atoms with van der Waals surface area (Å²) >= 11 is 0. The number of likely N-dealkylation sites (N-methyl/N-ethyl adjacent to an activating group) is 1. The minimum atomic E-state index is -0.306. The summed E-state index contributed by atoms with van der Waals surface area (Å²) in [5.41, 5.74) is 0. The van der Waals surface area contributed by atoms with E-state index >= 15 is 0 Å². The van der Waals surface area contributed by atoms with Crippen molar-refractivity contribution in [2.45, 2.75) is 37.9 Å².